The van der Waals surface area contributed by atoms with Crippen molar-refractivity contribution in [1.82, 2.24) is 15.4 Å². The Labute approximate surface area is 183 Å². The van der Waals surface area contributed by atoms with Gasteiger partial charge in [-0.25, -0.2) is 0 Å². The number of hydrogen-bond donors (Lipinski definition) is 1. The van der Waals surface area contributed by atoms with Crippen LogP contribution in [0.5, 0.6) is 5.75 Å². The van der Waals surface area contributed by atoms with Gasteiger partial charge in [0, 0.05) is 18.2 Å². The highest BCUT2D eigenvalue weighted by atomic mass is 16.5. The van der Waals surface area contributed by atoms with E-state index in [4.69, 9.17) is 9.26 Å². The van der Waals surface area contributed by atoms with E-state index < -0.39 is 0 Å². The van der Waals surface area contributed by atoms with Crippen molar-refractivity contribution in [1.29, 1.82) is 0 Å². The van der Waals surface area contributed by atoms with Crippen LogP contribution in [0.3, 0.4) is 0 Å². The van der Waals surface area contributed by atoms with Crippen molar-refractivity contribution in [2.24, 2.45) is 5.92 Å². The molecule has 0 spiro atoms. The Morgan fingerprint density at radius 3 is 2.55 bits per heavy atom. The van der Waals surface area contributed by atoms with Crippen molar-refractivity contribution in [2.75, 3.05) is 26.7 Å². The van der Waals surface area contributed by atoms with Crippen LogP contribution in [0.25, 0.3) is 11.3 Å². The minimum Gasteiger partial charge on any atom is -0.497 e. The number of nitrogens with one attached hydrogen (secondary N) is 1. The number of benzene rings is 2. The van der Waals surface area contributed by atoms with Gasteiger partial charge in [-0.1, -0.05) is 54.5 Å². The molecule has 1 aliphatic rings. The standard InChI is InChI=1S/C25H29N3O3/c1-18-12-14-28(15-13-18)23(19-8-10-21(30-2)11-9-19)17-26-25(29)22-16-24(31-27-22)20-6-4-3-5-7-20/h3-11,16,18,23H,12-15,17H2,1-2H3,(H,26,29). The summed E-state index contributed by atoms with van der Waals surface area (Å²) >= 11 is 0. The lowest BCUT2D eigenvalue weighted by molar-refractivity contribution is 0.0904. The molecule has 1 N–H and O–H groups in total. The van der Waals surface area contributed by atoms with Crippen molar-refractivity contribution in [2.45, 2.75) is 25.8 Å². The summed E-state index contributed by atoms with van der Waals surface area (Å²) < 4.78 is 10.7. The van der Waals surface area contributed by atoms with Crippen LogP contribution in [0, 0.1) is 5.92 Å². The van der Waals surface area contributed by atoms with Gasteiger partial charge in [-0.2, -0.15) is 0 Å². The number of hydrogen-bond acceptors (Lipinski definition) is 5. The molecule has 162 valence electrons. The molecule has 3 aromatic rings. The summed E-state index contributed by atoms with van der Waals surface area (Å²) in [6.07, 6.45) is 2.34. The van der Waals surface area contributed by atoms with Gasteiger partial charge in [-0.15, -0.1) is 0 Å². The SMILES string of the molecule is COc1ccc(C(CNC(=O)c2cc(-c3ccccc3)on2)N2CCC(C)CC2)cc1. The van der Waals surface area contributed by atoms with E-state index in [1.807, 2.05) is 42.5 Å². The summed E-state index contributed by atoms with van der Waals surface area (Å²) in [6.45, 7) is 4.86. The van der Waals surface area contributed by atoms with Gasteiger partial charge in [0.05, 0.1) is 13.2 Å². The molecule has 1 fully saturated rings. The van der Waals surface area contributed by atoms with Gasteiger partial charge in [0.2, 0.25) is 0 Å². The third kappa shape index (κ3) is 5.14. The number of amides is 1. The predicted octanol–water partition coefficient (Wildman–Crippen LogP) is 4.55. The second-order valence-electron chi connectivity index (χ2n) is 8.16. The molecule has 1 unspecified atom stereocenters. The Kier molecular flexibility index (Phi) is 6.67. The molecule has 0 radical (unpaired) electrons. The van der Waals surface area contributed by atoms with E-state index in [0.717, 1.165) is 30.3 Å². The van der Waals surface area contributed by atoms with Crippen LogP contribution < -0.4 is 10.1 Å². The summed E-state index contributed by atoms with van der Waals surface area (Å²) in [7, 11) is 1.67. The van der Waals surface area contributed by atoms with Crippen molar-refractivity contribution in [3.63, 3.8) is 0 Å². The molecular weight excluding hydrogens is 390 g/mol. The molecule has 0 saturated carbocycles. The summed E-state index contributed by atoms with van der Waals surface area (Å²) in [5.41, 5.74) is 2.35. The van der Waals surface area contributed by atoms with E-state index in [0.29, 0.717) is 18.0 Å². The second kappa shape index (κ2) is 9.79. The van der Waals surface area contributed by atoms with Crippen molar-refractivity contribution in [3.05, 3.63) is 71.9 Å². The van der Waals surface area contributed by atoms with E-state index in [-0.39, 0.29) is 11.9 Å². The van der Waals surface area contributed by atoms with Crippen molar-refractivity contribution >= 4 is 5.91 Å². The van der Waals surface area contributed by atoms with E-state index in [9.17, 15) is 4.79 Å². The minimum atomic E-state index is -0.227. The fourth-order valence-electron chi connectivity index (χ4n) is 4.02. The maximum atomic E-state index is 12.8. The number of carbonyl (C=O) groups excluding carboxylic acids is 1. The first-order chi connectivity index (χ1) is 15.1. The first-order valence-corrected chi connectivity index (χ1v) is 10.8. The molecule has 6 nitrogen and oxygen atoms in total. The van der Waals surface area contributed by atoms with E-state index in [1.54, 1.807) is 13.2 Å². The van der Waals surface area contributed by atoms with Crippen LogP contribution in [0.2, 0.25) is 0 Å². The van der Waals surface area contributed by atoms with Gasteiger partial charge in [-0.05, 0) is 49.5 Å². The number of piperidine rings is 1. The quantitative estimate of drug-likeness (QED) is 0.608. The number of rotatable bonds is 7. The van der Waals surface area contributed by atoms with Crippen LogP contribution in [-0.2, 0) is 0 Å². The molecule has 4 rings (SSSR count). The lowest BCUT2D eigenvalue weighted by Gasteiger charge is -2.37. The maximum absolute atomic E-state index is 12.8. The molecule has 2 aromatic carbocycles. The number of methoxy groups -OCH3 is 1. The van der Waals surface area contributed by atoms with Gasteiger partial charge in [-0.3, -0.25) is 9.69 Å². The van der Waals surface area contributed by atoms with Crippen molar-refractivity contribution in [3.8, 4) is 17.1 Å². The Bertz CT molecular complexity index is 977. The number of nitrogens with zero attached hydrogens (tertiary/aromatic N) is 2. The fourth-order valence-corrected chi connectivity index (χ4v) is 4.02. The lowest BCUT2D eigenvalue weighted by Crippen LogP contribution is -2.42. The molecule has 1 amide bonds. The number of aromatic nitrogens is 1. The Hall–Kier alpha value is -3.12. The Morgan fingerprint density at radius 2 is 1.87 bits per heavy atom. The molecule has 2 heterocycles. The highest BCUT2D eigenvalue weighted by Crippen LogP contribution is 2.28. The monoisotopic (exact) mass is 419 g/mol. The zero-order valence-electron chi connectivity index (χ0n) is 18.1. The number of carbonyl (C=O) groups is 1. The summed E-state index contributed by atoms with van der Waals surface area (Å²) in [5.74, 6) is 1.93. The van der Waals surface area contributed by atoms with Gasteiger partial charge < -0.3 is 14.6 Å². The normalized spacial score (nSPS) is 16.1. The molecular formula is C25H29N3O3. The predicted molar refractivity (Wildman–Crippen MR) is 120 cm³/mol. The van der Waals surface area contributed by atoms with Gasteiger partial charge in [0.25, 0.3) is 5.91 Å². The van der Waals surface area contributed by atoms with Gasteiger partial charge in [0.1, 0.15) is 5.75 Å². The average Bonchev–Trinajstić information content (AvgIpc) is 3.32. The van der Waals surface area contributed by atoms with Crippen LogP contribution in [-0.4, -0.2) is 42.7 Å². The molecule has 6 heteroatoms. The van der Waals surface area contributed by atoms with Crippen LogP contribution in [0.1, 0.15) is 41.9 Å². The largest absolute Gasteiger partial charge is 0.497 e. The van der Waals surface area contributed by atoms with Crippen molar-refractivity contribution < 1.29 is 14.1 Å². The topological polar surface area (TPSA) is 67.6 Å². The van der Waals surface area contributed by atoms with Crippen LogP contribution >= 0.6 is 0 Å². The summed E-state index contributed by atoms with van der Waals surface area (Å²) in [6, 6.07) is 19.5. The minimum absolute atomic E-state index is 0.0999. The average molecular weight is 420 g/mol. The second-order valence-corrected chi connectivity index (χ2v) is 8.16. The number of ether oxygens (including phenoxy) is 1. The molecule has 1 saturated heterocycles. The molecule has 1 atom stereocenters. The molecule has 31 heavy (non-hydrogen) atoms. The molecule has 0 aliphatic carbocycles. The first kappa shape index (κ1) is 21.1. The Balaban J connectivity index is 1.46. The highest BCUT2D eigenvalue weighted by molar-refractivity contribution is 5.93. The number of likely N-dealkylation sites (tertiary alicyclic amines) is 1. The summed E-state index contributed by atoms with van der Waals surface area (Å²) in [4.78, 5) is 15.2. The third-order valence-electron chi connectivity index (χ3n) is 6.02. The zero-order chi connectivity index (χ0) is 21.6. The smallest absolute Gasteiger partial charge is 0.273 e. The van der Waals surface area contributed by atoms with E-state index in [2.05, 4.69) is 34.4 Å². The summed E-state index contributed by atoms with van der Waals surface area (Å²) in [5, 5.41) is 7.04. The van der Waals surface area contributed by atoms with Crippen LogP contribution in [0.4, 0.5) is 0 Å². The van der Waals surface area contributed by atoms with E-state index in [1.165, 1.54) is 18.4 Å². The zero-order valence-corrected chi connectivity index (χ0v) is 18.1. The maximum Gasteiger partial charge on any atom is 0.273 e. The Morgan fingerprint density at radius 1 is 1.16 bits per heavy atom. The first-order valence-electron chi connectivity index (χ1n) is 10.8. The van der Waals surface area contributed by atoms with Gasteiger partial charge >= 0.3 is 0 Å². The third-order valence-corrected chi connectivity index (χ3v) is 6.02. The lowest BCUT2D eigenvalue weighted by atomic mass is 9.95. The molecule has 1 aliphatic heterocycles. The molecule has 0 bridgehead atoms. The fraction of sp³-hybridized carbons (Fsp3) is 0.360. The van der Waals surface area contributed by atoms with E-state index >= 15 is 0 Å². The van der Waals surface area contributed by atoms with Crippen LogP contribution in [0.15, 0.2) is 65.2 Å². The highest BCUT2D eigenvalue weighted by Gasteiger charge is 2.26. The molecule has 1 aromatic heterocycles. The van der Waals surface area contributed by atoms with Gasteiger partial charge in [0.15, 0.2) is 11.5 Å².